The summed E-state index contributed by atoms with van der Waals surface area (Å²) in [5.74, 6) is 0.570. The molecule has 2 aromatic carbocycles. The van der Waals surface area contributed by atoms with Crippen molar-refractivity contribution in [2.45, 2.75) is 0 Å². The topological polar surface area (TPSA) is 115 Å². The molecule has 0 unspecified atom stereocenters. The Balaban J connectivity index is 1.97. The van der Waals surface area contributed by atoms with Crippen LogP contribution in [0.15, 0.2) is 53.0 Å². The third-order valence-corrected chi connectivity index (χ3v) is 6.33. The molecule has 6 nitrogen and oxygen atoms in total. The third kappa shape index (κ3) is 3.28. The van der Waals surface area contributed by atoms with Crippen LogP contribution >= 0.6 is 27.3 Å². The molecule has 30 heavy (non-hydrogen) atoms. The largest absolute Gasteiger partial charge is 0.497 e. The molecule has 0 fully saturated rings. The van der Waals surface area contributed by atoms with E-state index in [0.717, 1.165) is 10.0 Å². The quantitative estimate of drug-likeness (QED) is 0.398. The van der Waals surface area contributed by atoms with Crippen molar-refractivity contribution in [3.05, 3.63) is 69.0 Å². The van der Waals surface area contributed by atoms with E-state index in [9.17, 15) is 10.1 Å². The van der Waals surface area contributed by atoms with Gasteiger partial charge in [-0.25, -0.2) is 4.98 Å². The predicted molar refractivity (Wildman–Crippen MR) is 123 cm³/mol. The van der Waals surface area contributed by atoms with Gasteiger partial charge >= 0.3 is 0 Å². The molecule has 148 valence electrons. The maximum Gasteiger partial charge on any atom is 0.205 e. The smallest absolute Gasteiger partial charge is 0.205 e. The van der Waals surface area contributed by atoms with E-state index >= 15 is 0 Å². The molecule has 4 rings (SSSR count). The summed E-state index contributed by atoms with van der Waals surface area (Å²) in [6.45, 7) is 0. The molecule has 0 amide bonds. The van der Waals surface area contributed by atoms with Crippen LogP contribution in [-0.4, -0.2) is 17.9 Å². The van der Waals surface area contributed by atoms with Gasteiger partial charge in [0.1, 0.15) is 32.9 Å². The van der Waals surface area contributed by atoms with Crippen molar-refractivity contribution >= 4 is 54.8 Å². The fourth-order valence-electron chi connectivity index (χ4n) is 3.23. The number of anilines is 2. The van der Waals surface area contributed by atoms with E-state index in [1.165, 1.54) is 11.3 Å². The van der Waals surface area contributed by atoms with Gasteiger partial charge in [-0.2, -0.15) is 5.26 Å². The second kappa shape index (κ2) is 7.78. The first-order valence-corrected chi connectivity index (χ1v) is 10.4. The van der Waals surface area contributed by atoms with Gasteiger partial charge in [0.25, 0.3) is 0 Å². The van der Waals surface area contributed by atoms with Crippen molar-refractivity contribution in [3.63, 3.8) is 0 Å². The highest BCUT2D eigenvalue weighted by Gasteiger charge is 2.24. The number of carbonyl (C=O) groups is 1. The van der Waals surface area contributed by atoms with Gasteiger partial charge in [-0.05, 0) is 42.0 Å². The third-order valence-electron chi connectivity index (χ3n) is 4.71. The molecule has 2 heterocycles. The lowest BCUT2D eigenvalue weighted by atomic mass is 9.96. The van der Waals surface area contributed by atoms with Gasteiger partial charge in [-0.15, -0.1) is 11.3 Å². The average Bonchev–Trinajstić information content (AvgIpc) is 3.08. The normalized spacial score (nSPS) is 10.7. The number of thiophene rings is 1. The Morgan fingerprint density at radius 2 is 1.80 bits per heavy atom. The van der Waals surface area contributed by atoms with Crippen LogP contribution in [0.1, 0.15) is 20.8 Å². The van der Waals surface area contributed by atoms with Crippen LogP contribution in [0.5, 0.6) is 5.75 Å². The van der Waals surface area contributed by atoms with E-state index in [1.807, 2.05) is 12.1 Å². The lowest BCUT2D eigenvalue weighted by molar-refractivity contribution is 0.104. The predicted octanol–water partition coefficient (Wildman–Crippen LogP) is 5.00. The summed E-state index contributed by atoms with van der Waals surface area (Å²) in [6, 6.07) is 16.4. The maximum absolute atomic E-state index is 13.1. The van der Waals surface area contributed by atoms with Crippen LogP contribution in [0.4, 0.5) is 11.5 Å². The number of halogens is 1. The van der Waals surface area contributed by atoms with Gasteiger partial charge in [0.05, 0.1) is 12.8 Å². The number of ketones is 1. The number of fused-ring (bicyclic) bond motifs is 1. The van der Waals surface area contributed by atoms with Crippen LogP contribution in [0, 0.1) is 11.3 Å². The molecule has 0 atom stereocenters. The molecule has 0 spiro atoms. The summed E-state index contributed by atoms with van der Waals surface area (Å²) < 4.78 is 6.09. The number of hydrogen-bond acceptors (Lipinski definition) is 7. The Kier molecular flexibility index (Phi) is 5.16. The van der Waals surface area contributed by atoms with Crippen molar-refractivity contribution in [1.82, 2.24) is 4.98 Å². The minimum absolute atomic E-state index is 0.0970. The number of carbonyl (C=O) groups excluding carboxylic acids is 1. The highest BCUT2D eigenvalue weighted by Crippen LogP contribution is 2.43. The number of rotatable bonds is 4. The second-order valence-electron chi connectivity index (χ2n) is 6.45. The molecule has 0 aliphatic rings. The molecule has 0 saturated heterocycles. The van der Waals surface area contributed by atoms with Crippen LogP contribution in [0.2, 0.25) is 0 Å². The first kappa shape index (κ1) is 19.9. The van der Waals surface area contributed by atoms with Crippen LogP contribution in [0.3, 0.4) is 0 Å². The summed E-state index contributed by atoms with van der Waals surface area (Å²) in [5, 5.41) is 10.3. The number of nitriles is 1. The lowest BCUT2D eigenvalue weighted by Crippen LogP contribution is -2.02. The summed E-state index contributed by atoms with van der Waals surface area (Å²) in [4.78, 5) is 18.3. The Bertz CT molecular complexity index is 1320. The molecule has 4 aromatic rings. The number of nitrogen functional groups attached to an aromatic ring is 2. The number of pyridine rings is 1. The van der Waals surface area contributed by atoms with Gasteiger partial charge in [0.15, 0.2) is 0 Å². The zero-order chi connectivity index (χ0) is 21.4. The van der Waals surface area contributed by atoms with Crippen LogP contribution in [-0.2, 0) is 0 Å². The summed E-state index contributed by atoms with van der Waals surface area (Å²) >= 11 is 4.54. The van der Waals surface area contributed by atoms with E-state index in [0.29, 0.717) is 32.0 Å². The van der Waals surface area contributed by atoms with Gasteiger partial charge in [0, 0.05) is 21.0 Å². The van der Waals surface area contributed by atoms with Crippen molar-refractivity contribution < 1.29 is 9.53 Å². The molecule has 2 aromatic heterocycles. The van der Waals surface area contributed by atoms with Crippen LogP contribution in [0.25, 0.3) is 21.3 Å². The Labute approximate surface area is 184 Å². The first-order chi connectivity index (χ1) is 14.4. The second-order valence-corrected chi connectivity index (χ2v) is 8.36. The highest BCUT2D eigenvalue weighted by molar-refractivity contribution is 9.10. The molecule has 0 aliphatic heterocycles. The molecule has 8 heteroatoms. The Hall–Kier alpha value is -3.41. The van der Waals surface area contributed by atoms with E-state index < -0.39 is 0 Å². The number of benzene rings is 2. The molecular formula is C22H15BrN4O2S. The summed E-state index contributed by atoms with van der Waals surface area (Å²) in [7, 11) is 1.58. The lowest BCUT2D eigenvalue weighted by Gasteiger charge is -2.10. The first-order valence-electron chi connectivity index (χ1n) is 8.80. The van der Waals surface area contributed by atoms with E-state index in [2.05, 4.69) is 27.0 Å². The highest BCUT2D eigenvalue weighted by atomic mass is 79.9. The standard InChI is InChI=1S/C22H15BrN4O2S/c1-29-14-8-4-11(5-9-14)16-15(10-24)21(26)27-22-17(16)18(25)20(30-22)19(28)12-2-6-13(23)7-3-12/h2-9H,25H2,1H3,(H2,26,27). The van der Waals surface area contributed by atoms with E-state index in [-0.39, 0.29) is 22.9 Å². The van der Waals surface area contributed by atoms with Gasteiger partial charge in [0.2, 0.25) is 5.78 Å². The molecule has 4 N–H and O–H groups in total. The number of aromatic nitrogens is 1. The fourth-order valence-corrected chi connectivity index (χ4v) is 4.57. The zero-order valence-corrected chi connectivity index (χ0v) is 18.2. The average molecular weight is 479 g/mol. The van der Waals surface area contributed by atoms with Crippen molar-refractivity contribution in [3.8, 4) is 22.9 Å². The SMILES string of the molecule is COc1ccc(-c2c(C#N)c(N)nc3sc(C(=O)c4ccc(Br)cc4)c(N)c23)cc1. The van der Waals surface area contributed by atoms with Crippen molar-refractivity contribution in [2.75, 3.05) is 18.6 Å². The molecule has 0 radical (unpaired) electrons. The summed E-state index contributed by atoms with van der Waals surface area (Å²) in [5.41, 5.74) is 14.8. The molecule has 0 aliphatic carbocycles. The fraction of sp³-hybridized carbons (Fsp3) is 0.0455. The number of hydrogen-bond donors (Lipinski definition) is 2. The minimum atomic E-state index is -0.208. The molecule has 0 bridgehead atoms. The number of nitrogens with zero attached hydrogens (tertiary/aromatic N) is 2. The molecule has 0 saturated carbocycles. The summed E-state index contributed by atoms with van der Waals surface area (Å²) in [6.07, 6.45) is 0. The maximum atomic E-state index is 13.1. The van der Waals surface area contributed by atoms with Crippen LogP contribution < -0.4 is 16.2 Å². The molecular weight excluding hydrogens is 464 g/mol. The zero-order valence-electron chi connectivity index (χ0n) is 15.8. The van der Waals surface area contributed by atoms with E-state index in [1.54, 1.807) is 43.5 Å². The van der Waals surface area contributed by atoms with Crippen molar-refractivity contribution in [2.24, 2.45) is 0 Å². The van der Waals surface area contributed by atoms with Gasteiger partial charge < -0.3 is 16.2 Å². The van der Waals surface area contributed by atoms with Crippen molar-refractivity contribution in [1.29, 1.82) is 5.26 Å². The van der Waals surface area contributed by atoms with Gasteiger partial charge in [-0.1, -0.05) is 28.1 Å². The minimum Gasteiger partial charge on any atom is -0.497 e. The monoisotopic (exact) mass is 478 g/mol. The van der Waals surface area contributed by atoms with E-state index in [4.69, 9.17) is 16.2 Å². The Morgan fingerprint density at radius 1 is 1.13 bits per heavy atom. The number of ether oxygens (including phenoxy) is 1. The number of methoxy groups -OCH3 is 1. The number of nitrogens with two attached hydrogens (primary N) is 2. The van der Waals surface area contributed by atoms with Gasteiger partial charge in [-0.3, -0.25) is 4.79 Å². The Morgan fingerprint density at radius 3 is 2.40 bits per heavy atom.